The van der Waals surface area contributed by atoms with Crippen LogP contribution in [0, 0.1) is 5.92 Å². The second kappa shape index (κ2) is 9.61. The van der Waals surface area contributed by atoms with Crippen LogP contribution in [0.15, 0.2) is 71.3 Å². The maximum atomic E-state index is 13.5. The molecule has 2 atom stereocenters. The quantitative estimate of drug-likeness (QED) is 0.651. The molecule has 2 heterocycles. The Kier molecular flexibility index (Phi) is 6.63. The average molecular weight is 447 g/mol. The molecule has 0 bridgehead atoms. The topological polar surface area (TPSA) is 77.5 Å². The van der Waals surface area contributed by atoms with E-state index in [9.17, 15) is 9.59 Å². The van der Waals surface area contributed by atoms with Crippen LogP contribution in [0.4, 0.5) is 0 Å². The Balaban J connectivity index is 1.72. The van der Waals surface area contributed by atoms with Gasteiger partial charge in [0.05, 0.1) is 19.3 Å². The summed E-state index contributed by atoms with van der Waals surface area (Å²) >= 11 is 0. The number of aromatic nitrogens is 1. The van der Waals surface area contributed by atoms with Crippen molar-refractivity contribution in [2.24, 2.45) is 5.92 Å². The van der Waals surface area contributed by atoms with Gasteiger partial charge in [-0.3, -0.25) is 9.78 Å². The molecule has 0 spiro atoms. The molecular weight excluding hydrogens is 416 g/mol. The van der Waals surface area contributed by atoms with Crippen LogP contribution in [0.25, 0.3) is 0 Å². The average Bonchev–Trinajstić information content (AvgIpc) is 2.82. The van der Waals surface area contributed by atoms with Gasteiger partial charge in [-0.2, -0.15) is 0 Å². The van der Waals surface area contributed by atoms with Crippen LogP contribution in [0.5, 0.6) is 5.75 Å². The van der Waals surface area contributed by atoms with E-state index in [4.69, 9.17) is 9.47 Å². The van der Waals surface area contributed by atoms with E-state index in [1.54, 1.807) is 19.5 Å². The SMILES string of the molecule is COc1ccc(C2CC(=O)C3=C(C2)NC(C)=C(C(=O)OCC(C)C)C3c2ccncc2)cc1. The van der Waals surface area contributed by atoms with Crippen molar-refractivity contribution in [3.63, 3.8) is 0 Å². The zero-order valence-electron chi connectivity index (χ0n) is 19.6. The van der Waals surface area contributed by atoms with Crippen LogP contribution in [-0.4, -0.2) is 30.5 Å². The van der Waals surface area contributed by atoms with Gasteiger partial charge in [0.1, 0.15) is 5.75 Å². The minimum absolute atomic E-state index is 0.0491. The number of benzene rings is 1. The maximum Gasteiger partial charge on any atom is 0.336 e. The molecule has 2 aliphatic rings. The molecule has 0 saturated carbocycles. The number of hydrogen-bond donors (Lipinski definition) is 1. The Bertz CT molecular complexity index is 1100. The number of ether oxygens (including phenoxy) is 2. The van der Waals surface area contributed by atoms with Crippen molar-refractivity contribution < 1.29 is 19.1 Å². The van der Waals surface area contributed by atoms with Crippen LogP contribution < -0.4 is 10.1 Å². The van der Waals surface area contributed by atoms with Crippen molar-refractivity contribution in [3.8, 4) is 5.75 Å². The summed E-state index contributed by atoms with van der Waals surface area (Å²) in [5.74, 6) is 0.281. The normalized spacial score (nSPS) is 20.5. The Morgan fingerprint density at radius 1 is 1.09 bits per heavy atom. The molecule has 2 unspecified atom stereocenters. The van der Waals surface area contributed by atoms with E-state index in [1.165, 1.54) is 0 Å². The van der Waals surface area contributed by atoms with Gasteiger partial charge in [-0.25, -0.2) is 4.79 Å². The molecule has 0 fully saturated rings. The van der Waals surface area contributed by atoms with E-state index in [-0.39, 0.29) is 23.6 Å². The molecule has 0 amide bonds. The summed E-state index contributed by atoms with van der Waals surface area (Å²) in [5, 5.41) is 3.39. The Morgan fingerprint density at radius 2 is 1.79 bits per heavy atom. The van der Waals surface area contributed by atoms with Crippen LogP contribution in [0.1, 0.15) is 56.6 Å². The van der Waals surface area contributed by atoms with Gasteiger partial charge in [-0.15, -0.1) is 0 Å². The van der Waals surface area contributed by atoms with Gasteiger partial charge in [-0.1, -0.05) is 26.0 Å². The predicted octanol–water partition coefficient (Wildman–Crippen LogP) is 4.65. The Labute approximate surface area is 194 Å². The Hall–Kier alpha value is -3.41. The van der Waals surface area contributed by atoms with Gasteiger partial charge >= 0.3 is 5.97 Å². The largest absolute Gasteiger partial charge is 0.497 e. The third kappa shape index (κ3) is 4.70. The lowest BCUT2D eigenvalue weighted by molar-refractivity contribution is -0.140. The minimum atomic E-state index is -0.465. The van der Waals surface area contributed by atoms with Gasteiger partial charge in [0, 0.05) is 41.7 Å². The summed E-state index contributed by atoms with van der Waals surface area (Å²) in [4.78, 5) is 30.8. The highest BCUT2D eigenvalue weighted by atomic mass is 16.5. The monoisotopic (exact) mass is 446 g/mol. The fourth-order valence-corrected chi connectivity index (χ4v) is 4.63. The van der Waals surface area contributed by atoms with Crippen LogP contribution >= 0.6 is 0 Å². The van der Waals surface area contributed by atoms with Gasteiger partial charge in [0.25, 0.3) is 0 Å². The molecule has 6 heteroatoms. The highest BCUT2D eigenvalue weighted by molar-refractivity contribution is 6.04. The second-order valence-corrected chi connectivity index (χ2v) is 9.06. The predicted molar refractivity (Wildman–Crippen MR) is 126 cm³/mol. The van der Waals surface area contributed by atoms with Crippen LogP contribution in [0.3, 0.4) is 0 Å². The van der Waals surface area contributed by atoms with Gasteiger partial charge in [0.15, 0.2) is 5.78 Å². The lowest BCUT2D eigenvalue weighted by atomic mass is 9.72. The number of allylic oxidation sites excluding steroid dienone is 3. The number of esters is 1. The highest BCUT2D eigenvalue weighted by Crippen LogP contribution is 2.45. The van der Waals surface area contributed by atoms with Gasteiger partial charge in [0.2, 0.25) is 0 Å². The maximum absolute atomic E-state index is 13.5. The molecule has 1 N–H and O–H groups in total. The van der Waals surface area contributed by atoms with E-state index < -0.39 is 5.92 Å². The first-order valence-corrected chi connectivity index (χ1v) is 11.3. The number of rotatable bonds is 6. The van der Waals surface area contributed by atoms with E-state index >= 15 is 0 Å². The molecule has 0 radical (unpaired) electrons. The molecule has 6 nitrogen and oxygen atoms in total. The standard InChI is InChI=1S/C27H30N2O4/c1-16(2)15-33-27(31)24-17(3)29-22-13-20(18-5-7-21(32-4)8-6-18)14-23(30)26(22)25(24)19-9-11-28-12-10-19/h5-12,16,20,25,29H,13-15H2,1-4H3. The van der Waals surface area contributed by atoms with Crippen molar-refractivity contribution in [1.82, 2.24) is 10.3 Å². The first-order valence-electron chi connectivity index (χ1n) is 11.3. The third-order valence-electron chi connectivity index (χ3n) is 6.22. The summed E-state index contributed by atoms with van der Waals surface area (Å²) < 4.78 is 10.9. The van der Waals surface area contributed by atoms with Crippen molar-refractivity contribution >= 4 is 11.8 Å². The first-order chi connectivity index (χ1) is 15.9. The molecule has 4 rings (SSSR count). The number of nitrogens with one attached hydrogen (secondary N) is 1. The molecular formula is C27H30N2O4. The lowest BCUT2D eigenvalue weighted by Crippen LogP contribution is -2.36. The van der Waals surface area contributed by atoms with Crippen molar-refractivity contribution in [2.45, 2.75) is 45.4 Å². The number of methoxy groups -OCH3 is 1. The number of pyridine rings is 1. The van der Waals surface area contributed by atoms with Crippen molar-refractivity contribution in [3.05, 3.63) is 82.5 Å². The summed E-state index contributed by atoms with van der Waals surface area (Å²) in [6.45, 7) is 6.21. The molecule has 2 aromatic rings. The van der Waals surface area contributed by atoms with E-state index in [0.29, 0.717) is 30.6 Å². The fourth-order valence-electron chi connectivity index (χ4n) is 4.63. The number of carbonyl (C=O) groups excluding carboxylic acids is 2. The molecule has 1 aliphatic heterocycles. The summed E-state index contributed by atoms with van der Waals surface area (Å²) in [6, 6.07) is 11.6. The molecule has 33 heavy (non-hydrogen) atoms. The van der Waals surface area contributed by atoms with Crippen molar-refractivity contribution in [1.29, 1.82) is 0 Å². The first kappa shape index (κ1) is 22.8. The van der Waals surface area contributed by atoms with E-state index in [2.05, 4.69) is 10.3 Å². The number of nitrogens with zero attached hydrogens (tertiary/aromatic N) is 1. The van der Waals surface area contributed by atoms with E-state index in [0.717, 1.165) is 28.3 Å². The van der Waals surface area contributed by atoms with Crippen molar-refractivity contribution in [2.75, 3.05) is 13.7 Å². The lowest BCUT2D eigenvalue weighted by Gasteiger charge is -2.36. The number of dihydropyridines is 1. The second-order valence-electron chi connectivity index (χ2n) is 9.06. The molecule has 1 aliphatic carbocycles. The number of ketones is 1. The zero-order chi connectivity index (χ0) is 23.5. The molecule has 0 saturated heterocycles. The number of Topliss-reactive ketones (excluding diaryl/α,β-unsaturated/α-hetero) is 1. The van der Waals surface area contributed by atoms with Crippen LogP contribution in [0.2, 0.25) is 0 Å². The van der Waals surface area contributed by atoms with E-state index in [1.807, 2.05) is 57.2 Å². The molecule has 1 aromatic carbocycles. The number of hydrogen-bond acceptors (Lipinski definition) is 6. The van der Waals surface area contributed by atoms with Crippen LogP contribution in [-0.2, 0) is 14.3 Å². The number of carbonyl (C=O) groups is 2. The van der Waals surface area contributed by atoms with Gasteiger partial charge in [-0.05, 0) is 60.6 Å². The Morgan fingerprint density at radius 3 is 2.42 bits per heavy atom. The zero-order valence-corrected chi connectivity index (χ0v) is 19.6. The highest BCUT2D eigenvalue weighted by Gasteiger charge is 2.41. The summed E-state index contributed by atoms with van der Waals surface area (Å²) in [7, 11) is 1.64. The third-order valence-corrected chi connectivity index (χ3v) is 6.22. The summed E-state index contributed by atoms with van der Waals surface area (Å²) in [5.41, 5.74) is 4.73. The summed E-state index contributed by atoms with van der Waals surface area (Å²) in [6.07, 6.45) is 4.47. The van der Waals surface area contributed by atoms with Gasteiger partial charge < -0.3 is 14.8 Å². The minimum Gasteiger partial charge on any atom is -0.497 e. The molecule has 1 aromatic heterocycles. The smallest absolute Gasteiger partial charge is 0.336 e. The fraction of sp³-hybridized carbons (Fsp3) is 0.370. The molecule has 172 valence electrons.